The Labute approximate surface area is 273 Å². The van der Waals surface area contributed by atoms with Gasteiger partial charge in [-0.3, -0.25) is 4.57 Å². The van der Waals surface area contributed by atoms with Gasteiger partial charge in [0.1, 0.15) is 17.5 Å². The Morgan fingerprint density at radius 3 is 1.83 bits per heavy atom. The van der Waals surface area contributed by atoms with Crippen LogP contribution in [-0.2, 0) is 0 Å². The number of hydrogen-bond acceptors (Lipinski definition) is 2. The summed E-state index contributed by atoms with van der Waals surface area (Å²) in [5.74, 6) is 0. The number of benzene rings is 7. The maximum absolute atomic E-state index is 6.32. The lowest BCUT2D eigenvalue weighted by Crippen LogP contribution is -1.91. The molecule has 2 aromatic heterocycles. The van der Waals surface area contributed by atoms with Gasteiger partial charge in [0.05, 0.1) is 11.0 Å². The number of hydrogen-bond donors (Lipinski definition) is 0. The Morgan fingerprint density at radius 2 is 1.06 bits per heavy atom. The molecule has 7 aromatic carbocycles. The summed E-state index contributed by atoms with van der Waals surface area (Å²) < 4.78 is 8.48. The van der Waals surface area contributed by atoms with Crippen molar-refractivity contribution in [3.8, 4) is 50.2 Å². The van der Waals surface area contributed by atoms with Crippen LogP contribution in [0.3, 0.4) is 0 Å². The van der Waals surface area contributed by atoms with E-state index in [1.165, 1.54) is 44.5 Å². The minimum absolute atomic E-state index is 0.875. The van der Waals surface area contributed by atoms with Gasteiger partial charge in [0.2, 0.25) is 0 Å². The average molecular weight is 603 g/mol. The van der Waals surface area contributed by atoms with Crippen molar-refractivity contribution in [2.24, 2.45) is 0 Å². The summed E-state index contributed by atoms with van der Waals surface area (Å²) in [5.41, 5.74) is 15.7. The second kappa shape index (κ2) is 11.0. The Hall–Kier alpha value is -6.19. The van der Waals surface area contributed by atoms with Gasteiger partial charge in [0.25, 0.3) is 0 Å². The number of fused-ring (bicyclic) bond motifs is 4. The molecule has 0 saturated carbocycles. The van der Waals surface area contributed by atoms with Crippen molar-refractivity contribution in [3.05, 3.63) is 170 Å². The molecule has 0 atom stereocenters. The van der Waals surface area contributed by atoms with Crippen LogP contribution >= 0.6 is 0 Å². The average Bonchev–Trinajstić information content (AvgIpc) is 3.73. The molecule has 47 heavy (non-hydrogen) atoms. The second-order valence-corrected chi connectivity index (χ2v) is 12.2. The van der Waals surface area contributed by atoms with Crippen LogP contribution in [0.1, 0.15) is 5.56 Å². The number of imidazole rings is 1. The molecule has 3 nitrogen and oxygen atoms in total. The van der Waals surface area contributed by atoms with E-state index in [9.17, 15) is 0 Å². The van der Waals surface area contributed by atoms with Crippen LogP contribution in [0.15, 0.2) is 168 Å². The maximum Gasteiger partial charge on any atom is 0.135 e. The first-order valence-corrected chi connectivity index (χ1v) is 15.9. The lowest BCUT2D eigenvalue weighted by atomic mass is 9.93. The summed E-state index contributed by atoms with van der Waals surface area (Å²) in [6.45, 7) is 2.18. The normalized spacial score (nSPS) is 11.5. The van der Waals surface area contributed by atoms with Gasteiger partial charge in [-0.05, 0) is 112 Å². The quantitative estimate of drug-likeness (QED) is 0.196. The van der Waals surface area contributed by atoms with Crippen LogP contribution in [0.5, 0.6) is 0 Å². The van der Waals surface area contributed by atoms with E-state index in [2.05, 4.69) is 163 Å². The van der Waals surface area contributed by atoms with E-state index >= 15 is 0 Å². The van der Waals surface area contributed by atoms with Crippen molar-refractivity contribution in [2.75, 3.05) is 0 Å². The summed E-state index contributed by atoms with van der Waals surface area (Å²) in [4.78, 5) is 4.77. The summed E-state index contributed by atoms with van der Waals surface area (Å²) in [6.07, 6.45) is 1.91. The molecule has 0 aliphatic carbocycles. The van der Waals surface area contributed by atoms with Crippen molar-refractivity contribution in [2.45, 2.75) is 6.92 Å². The third kappa shape index (κ3) is 4.81. The molecule has 0 spiro atoms. The van der Waals surface area contributed by atoms with E-state index in [4.69, 9.17) is 9.40 Å². The first-order chi connectivity index (χ1) is 23.2. The van der Waals surface area contributed by atoms with Gasteiger partial charge in [-0.25, -0.2) is 4.98 Å². The van der Waals surface area contributed by atoms with Gasteiger partial charge in [-0.2, -0.15) is 0 Å². The predicted octanol–water partition coefficient (Wildman–Crippen LogP) is 11.9. The van der Waals surface area contributed by atoms with Crippen LogP contribution in [0.25, 0.3) is 83.2 Å². The van der Waals surface area contributed by atoms with Crippen LogP contribution < -0.4 is 0 Å². The zero-order chi connectivity index (χ0) is 31.3. The second-order valence-electron chi connectivity index (χ2n) is 12.2. The Kier molecular flexibility index (Phi) is 6.36. The predicted molar refractivity (Wildman–Crippen MR) is 195 cm³/mol. The summed E-state index contributed by atoms with van der Waals surface area (Å²) in [7, 11) is 0. The molecule has 0 aliphatic heterocycles. The summed E-state index contributed by atoms with van der Waals surface area (Å²) >= 11 is 0. The van der Waals surface area contributed by atoms with E-state index in [0.29, 0.717) is 0 Å². The number of furan rings is 1. The first kappa shape index (κ1) is 27.1. The third-order valence-corrected chi connectivity index (χ3v) is 9.24. The van der Waals surface area contributed by atoms with Crippen molar-refractivity contribution in [1.82, 2.24) is 9.55 Å². The molecule has 0 N–H and O–H groups in total. The van der Waals surface area contributed by atoms with E-state index < -0.39 is 0 Å². The largest absolute Gasteiger partial charge is 0.456 e. The monoisotopic (exact) mass is 602 g/mol. The molecule has 9 aromatic rings. The van der Waals surface area contributed by atoms with Crippen LogP contribution in [0.4, 0.5) is 0 Å². The number of nitrogens with zero attached hydrogens (tertiary/aromatic N) is 2. The van der Waals surface area contributed by atoms with Crippen LogP contribution in [-0.4, -0.2) is 9.55 Å². The van der Waals surface area contributed by atoms with Crippen molar-refractivity contribution in [1.29, 1.82) is 0 Å². The lowest BCUT2D eigenvalue weighted by Gasteiger charge is -2.11. The maximum atomic E-state index is 6.32. The first-order valence-electron chi connectivity index (χ1n) is 15.9. The molecule has 9 rings (SSSR count). The molecule has 222 valence electrons. The smallest absolute Gasteiger partial charge is 0.135 e. The lowest BCUT2D eigenvalue weighted by molar-refractivity contribution is 0.669. The fraction of sp³-hybridized carbons (Fsp3) is 0.0227. The molecule has 2 heterocycles. The SMILES string of the molecule is Cc1ccc(-c2cccc(-c3ccccc3)c2)cc1-c1ccc2oc3ccc(-n4cnc5cc(-c6ccccc6)ccc54)cc3c2c1. The molecule has 0 amide bonds. The zero-order valence-electron chi connectivity index (χ0n) is 25.9. The fourth-order valence-corrected chi connectivity index (χ4v) is 6.73. The fourth-order valence-electron chi connectivity index (χ4n) is 6.73. The van der Waals surface area contributed by atoms with Crippen molar-refractivity contribution in [3.63, 3.8) is 0 Å². The van der Waals surface area contributed by atoms with E-state index in [-0.39, 0.29) is 0 Å². The van der Waals surface area contributed by atoms with Gasteiger partial charge < -0.3 is 4.42 Å². The molecule has 0 unspecified atom stereocenters. The molecule has 0 aliphatic rings. The molecule has 0 fully saturated rings. The van der Waals surface area contributed by atoms with Gasteiger partial charge in [-0.15, -0.1) is 0 Å². The summed E-state index contributed by atoms with van der Waals surface area (Å²) in [6, 6.07) is 56.0. The number of rotatable bonds is 5. The number of aromatic nitrogens is 2. The highest BCUT2D eigenvalue weighted by Gasteiger charge is 2.14. The minimum Gasteiger partial charge on any atom is -0.456 e. The van der Waals surface area contributed by atoms with Crippen LogP contribution in [0.2, 0.25) is 0 Å². The highest BCUT2D eigenvalue weighted by molar-refractivity contribution is 6.07. The van der Waals surface area contributed by atoms with Gasteiger partial charge in [0.15, 0.2) is 0 Å². The molecule has 0 bridgehead atoms. The highest BCUT2D eigenvalue weighted by Crippen LogP contribution is 2.37. The Balaban J connectivity index is 1.11. The van der Waals surface area contributed by atoms with E-state index in [1.807, 2.05) is 12.4 Å². The highest BCUT2D eigenvalue weighted by atomic mass is 16.3. The molecular weight excluding hydrogens is 572 g/mol. The third-order valence-electron chi connectivity index (χ3n) is 9.24. The molecule has 3 heteroatoms. The van der Waals surface area contributed by atoms with E-state index in [0.717, 1.165) is 44.2 Å². The Morgan fingerprint density at radius 1 is 0.468 bits per heavy atom. The molecule has 0 saturated heterocycles. The van der Waals surface area contributed by atoms with Crippen molar-refractivity contribution >= 4 is 33.0 Å². The molecular formula is C44H30N2O. The van der Waals surface area contributed by atoms with Gasteiger partial charge in [0, 0.05) is 16.5 Å². The topological polar surface area (TPSA) is 31.0 Å². The standard InChI is InChI=1S/C44H30N2O/c1-29-15-16-34(33-14-8-13-32(23-33)30-9-4-2-5-10-30)24-38(29)36-18-21-43-39(25-36)40-27-37(19-22-44(40)47-43)46-28-45-41-26-35(17-20-42(41)46)31-11-6-3-7-12-31/h2-28H,1H3. The minimum atomic E-state index is 0.875. The van der Waals surface area contributed by atoms with Gasteiger partial charge in [-0.1, -0.05) is 103 Å². The number of aryl methyl sites for hydroxylation is 1. The zero-order valence-corrected chi connectivity index (χ0v) is 25.9. The van der Waals surface area contributed by atoms with Gasteiger partial charge >= 0.3 is 0 Å². The van der Waals surface area contributed by atoms with E-state index in [1.54, 1.807) is 0 Å². The van der Waals surface area contributed by atoms with Crippen molar-refractivity contribution < 1.29 is 4.42 Å². The molecule has 0 radical (unpaired) electrons. The summed E-state index contributed by atoms with van der Waals surface area (Å²) in [5, 5.41) is 2.19. The Bertz CT molecular complexity index is 2570. The van der Waals surface area contributed by atoms with Crippen LogP contribution in [0, 0.1) is 6.92 Å².